The summed E-state index contributed by atoms with van der Waals surface area (Å²) in [4.78, 5) is 23.2. The quantitative estimate of drug-likeness (QED) is 0.559. The maximum Gasteiger partial charge on any atom is 0.295 e. The van der Waals surface area contributed by atoms with E-state index in [0.717, 1.165) is 6.07 Å². The number of nitrogens with zero attached hydrogens (tertiary/aromatic N) is 5. The van der Waals surface area contributed by atoms with E-state index in [-0.39, 0.29) is 11.4 Å². The average Bonchev–Trinajstić information content (AvgIpc) is 2.68. The average molecular weight is 377 g/mol. The summed E-state index contributed by atoms with van der Waals surface area (Å²) < 4.78 is 24.2. The Bertz CT molecular complexity index is 827. The first-order chi connectivity index (χ1) is 13.0. The first kappa shape index (κ1) is 18.6. The lowest BCUT2D eigenvalue weighted by Gasteiger charge is -2.35. The molecule has 0 bridgehead atoms. The molecule has 0 amide bonds. The third kappa shape index (κ3) is 3.99. The molecule has 0 aliphatic carbocycles. The van der Waals surface area contributed by atoms with Crippen molar-refractivity contribution in [2.24, 2.45) is 0 Å². The largest absolute Gasteiger partial charge is 0.494 e. The number of methoxy groups -OCH3 is 1. The van der Waals surface area contributed by atoms with Crippen LogP contribution in [0.1, 0.15) is 6.92 Å². The molecular weight excluding hydrogens is 357 g/mol. The van der Waals surface area contributed by atoms with E-state index in [1.54, 1.807) is 12.3 Å². The van der Waals surface area contributed by atoms with E-state index in [1.807, 2.05) is 16.7 Å². The van der Waals surface area contributed by atoms with Crippen LogP contribution in [0.4, 0.5) is 21.7 Å². The fraction of sp³-hybridized carbons (Fsp3) is 0.412. The van der Waals surface area contributed by atoms with Gasteiger partial charge in [-0.3, -0.25) is 10.1 Å². The molecule has 9 nitrogen and oxygen atoms in total. The van der Waals surface area contributed by atoms with Gasteiger partial charge in [-0.15, -0.1) is 0 Å². The molecule has 2 aromatic rings. The van der Waals surface area contributed by atoms with Gasteiger partial charge in [0.1, 0.15) is 5.69 Å². The molecular formula is C17H20FN5O4. The lowest BCUT2D eigenvalue weighted by atomic mass is 10.2. The monoisotopic (exact) mass is 377 g/mol. The molecule has 144 valence electrons. The van der Waals surface area contributed by atoms with Crippen LogP contribution in [-0.2, 0) is 0 Å². The first-order valence-corrected chi connectivity index (χ1v) is 8.51. The Morgan fingerprint density at radius 3 is 2.59 bits per heavy atom. The van der Waals surface area contributed by atoms with Crippen molar-refractivity contribution < 1.29 is 18.8 Å². The summed E-state index contributed by atoms with van der Waals surface area (Å²) in [5.74, 6) is 0.272. The van der Waals surface area contributed by atoms with Crippen LogP contribution in [0.25, 0.3) is 0 Å². The second-order valence-corrected chi connectivity index (χ2v) is 5.83. The zero-order chi connectivity index (χ0) is 19.4. The lowest BCUT2D eigenvalue weighted by Crippen LogP contribution is -2.47. The molecule has 3 rings (SSSR count). The number of piperazine rings is 1. The molecule has 0 spiro atoms. The molecule has 0 radical (unpaired) electrons. The number of anilines is 2. The van der Waals surface area contributed by atoms with E-state index in [1.165, 1.54) is 13.2 Å². The minimum Gasteiger partial charge on any atom is -0.494 e. The van der Waals surface area contributed by atoms with Crippen LogP contribution >= 0.6 is 0 Å². The minimum atomic E-state index is -0.757. The number of halogens is 1. The van der Waals surface area contributed by atoms with Crippen LogP contribution in [0, 0.1) is 15.9 Å². The van der Waals surface area contributed by atoms with Crippen LogP contribution in [0.3, 0.4) is 0 Å². The molecule has 0 saturated carbocycles. The van der Waals surface area contributed by atoms with E-state index in [9.17, 15) is 14.5 Å². The Morgan fingerprint density at radius 1 is 1.26 bits per heavy atom. The van der Waals surface area contributed by atoms with E-state index < -0.39 is 10.7 Å². The summed E-state index contributed by atoms with van der Waals surface area (Å²) in [6.45, 7) is 4.51. The number of aromatic nitrogens is 2. The summed E-state index contributed by atoms with van der Waals surface area (Å²) in [6, 6.07) is 3.96. The number of hydrogen-bond donors (Lipinski definition) is 0. The number of nitro benzene ring substituents is 1. The molecule has 1 aromatic carbocycles. The van der Waals surface area contributed by atoms with Crippen LogP contribution in [0.2, 0.25) is 0 Å². The highest BCUT2D eigenvalue weighted by Crippen LogP contribution is 2.35. The summed E-state index contributed by atoms with van der Waals surface area (Å²) in [5.41, 5.74) is 0.0539. The van der Waals surface area contributed by atoms with E-state index >= 15 is 0 Å². The molecule has 1 fully saturated rings. The smallest absolute Gasteiger partial charge is 0.295 e. The minimum absolute atomic E-state index is 0.0224. The van der Waals surface area contributed by atoms with Crippen molar-refractivity contribution >= 4 is 17.3 Å². The third-order valence-corrected chi connectivity index (χ3v) is 4.26. The van der Waals surface area contributed by atoms with Gasteiger partial charge in [0, 0.05) is 44.5 Å². The van der Waals surface area contributed by atoms with Crippen LogP contribution in [0.5, 0.6) is 11.6 Å². The predicted molar refractivity (Wildman–Crippen MR) is 97.2 cm³/mol. The summed E-state index contributed by atoms with van der Waals surface area (Å²) in [5, 5.41) is 11.3. The van der Waals surface area contributed by atoms with Crippen LogP contribution < -0.4 is 19.3 Å². The van der Waals surface area contributed by atoms with Gasteiger partial charge in [0.25, 0.3) is 5.69 Å². The Morgan fingerprint density at radius 2 is 1.96 bits per heavy atom. The molecule has 0 atom stereocenters. The topological polar surface area (TPSA) is 93.9 Å². The van der Waals surface area contributed by atoms with Crippen molar-refractivity contribution in [1.82, 2.24) is 9.97 Å². The summed E-state index contributed by atoms with van der Waals surface area (Å²) >= 11 is 0. The van der Waals surface area contributed by atoms with E-state index in [4.69, 9.17) is 9.47 Å². The molecule has 27 heavy (non-hydrogen) atoms. The summed E-state index contributed by atoms with van der Waals surface area (Å²) in [6.07, 6.45) is 1.63. The van der Waals surface area contributed by atoms with Crippen LogP contribution in [-0.4, -0.2) is 54.8 Å². The number of benzene rings is 1. The van der Waals surface area contributed by atoms with Gasteiger partial charge in [-0.05, 0) is 6.92 Å². The normalized spacial score (nSPS) is 14.2. The van der Waals surface area contributed by atoms with Crippen molar-refractivity contribution in [3.63, 3.8) is 0 Å². The highest BCUT2D eigenvalue weighted by Gasteiger charge is 2.27. The van der Waals surface area contributed by atoms with Gasteiger partial charge in [0.15, 0.2) is 11.6 Å². The Balaban J connectivity index is 1.78. The molecule has 10 heteroatoms. The highest BCUT2D eigenvalue weighted by molar-refractivity contribution is 5.67. The molecule has 1 aromatic heterocycles. The van der Waals surface area contributed by atoms with Crippen LogP contribution in [0.15, 0.2) is 24.4 Å². The Labute approximate surface area is 155 Å². The van der Waals surface area contributed by atoms with Crippen molar-refractivity contribution in [3.05, 3.63) is 40.3 Å². The maximum absolute atomic E-state index is 13.9. The SMILES string of the molecule is CCOc1ccnc(N2CCN(c3cc(OC)c(F)cc3[N+](=O)[O-])CC2)n1. The second-order valence-electron chi connectivity index (χ2n) is 5.83. The predicted octanol–water partition coefficient (Wildman–Crippen LogP) is 2.26. The third-order valence-electron chi connectivity index (χ3n) is 4.26. The Kier molecular flexibility index (Phi) is 5.53. The summed E-state index contributed by atoms with van der Waals surface area (Å²) in [7, 11) is 1.33. The van der Waals surface area contributed by atoms with Gasteiger partial charge in [-0.2, -0.15) is 4.98 Å². The number of nitro groups is 1. The van der Waals surface area contributed by atoms with Gasteiger partial charge in [0.2, 0.25) is 11.8 Å². The molecule has 1 saturated heterocycles. The Hall–Kier alpha value is -3.17. The molecule has 2 heterocycles. The van der Waals surface area contributed by atoms with Gasteiger partial charge >= 0.3 is 0 Å². The first-order valence-electron chi connectivity index (χ1n) is 8.51. The fourth-order valence-electron chi connectivity index (χ4n) is 2.95. The van der Waals surface area contributed by atoms with E-state index in [2.05, 4.69) is 9.97 Å². The highest BCUT2D eigenvalue weighted by atomic mass is 19.1. The van der Waals surface area contributed by atoms with E-state index in [0.29, 0.717) is 50.3 Å². The molecule has 0 unspecified atom stereocenters. The van der Waals surface area contributed by atoms with Crippen molar-refractivity contribution in [2.45, 2.75) is 6.92 Å². The van der Waals surface area contributed by atoms with Gasteiger partial charge in [0.05, 0.1) is 24.7 Å². The molecule has 1 aliphatic rings. The number of ether oxygens (including phenoxy) is 2. The molecule has 0 N–H and O–H groups in total. The maximum atomic E-state index is 13.9. The van der Waals surface area contributed by atoms with Gasteiger partial charge in [-0.25, -0.2) is 9.37 Å². The van der Waals surface area contributed by atoms with Crippen molar-refractivity contribution in [3.8, 4) is 11.6 Å². The fourth-order valence-corrected chi connectivity index (χ4v) is 2.95. The lowest BCUT2D eigenvalue weighted by molar-refractivity contribution is -0.384. The van der Waals surface area contributed by atoms with Crippen molar-refractivity contribution in [2.75, 3.05) is 49.7 Å². The zero-order valence-corrected chi connectivity index (χ0v) is 15.1. The van der Waals surface area contributed by atoms with Gasteiger partial charge < -0.3 is 19.3 Å². The zero-order valence-electron chi connectivity index (χ0n) is 15.1. The second kappa shape index (κ2) is 8.02. The van der Waals surface area contributed by atoms with Gasteiger partial charge in [-0.1, -0.05) is 0 Å². The standard InChI is InChI=1S/C17H20FN5O4/c1-3-27-16-4-5-19-17(20-16)22-8-6-21(7-9-22)13-11-15(26-2)12(18)10-14(13)23(24)25/h4-5,10-11H,3,6-9H2,1-2H3. The number of hydrogen-bond acceptors (Lipinski definition) is 8. The number of rotatable bonds is 6. The van der Waals surface area contributed by atoms with Crippen molar-refractivity contribution in [1.29, 1.82) is 0 Å². The molecule has 1 aliphatic heterocycles.